The van der Waals surface area contributed by atoms with E-state index in [2.05, 4.69) is 36.4 Å². The maximum Gasteiger partial charge on any atom is 0.262 e. The lowest BCUT2D eigenvalue weighted by Crippen LogP contribution is -2.31. The maximum atomic E-state index is 12.7. The van der Waals surface area contributed by atoms with E-state index in [1.54, 1.807) is 19.3 Å². The van der Waals surface area contributed by atoms with Crippen molar-refractivity contribution >= 4 is 44.3 Å². The summed E-state index contributed by atoms with van der Waals surface area (Å²) in [7, 11) is 3.50. The summed E-state index contributed by atoms with van der Waals surface area (Å²) in [6.45, 7) is 2.47. The Morgan fingerprint density at radius 1 is 1.23 bits per heavy atom. The molecule has 0 saturated heterocycles. The zero-order valence-electron chi connectivity index (χ0n) is 16.8. The number of pyridine rings is 1. The van der Waals surface area contributed by atoms with Crippen LogP contribution in [0, 0.1) is 6.92 Å². The Labute approximate surface area is 180 Å². The molecule has 0 atom stereocenters. The number of carbonyl (C=O) groups is 1. The first kappa shape index (κ1) is 20.2. The van der Waals surface area contributed by atoms with E-state index >= 15 is 0 Å². The third-order valence-electron chi connectivity index (χ3n) is 4.76. The molecule has 3 heterocycles. The smallest absolute Gasteiger partial charge is 0.262 e. The summed E-state index contributed by atoms with van der Waals surface area (Å²) in [5.74, 6) is 1.41. The molecule has 0 aliphatic carbocycles. The quantitative estimate of drug-likeness (QED) is 0.480. The van der Waals surface area contributed by atoms with Gasteiger partial charge in [0.15, 0.2) is 5.82 Å². The van der Waals surface area contributed by atoms with Crippen LogP contribution in [-0.2, 0) is 18.4 Å². The number of aromatic nitrogens is 5. The van der Waals surface area contributed by atoms with Gasteiger partial charge in [0.1, 0.15) is 5.82 Å². The van der Waals surface area contributed by atoms with Crippen molar-refractivity contribution in [2.75, 3.05) is 18.9 Å². The van der Waals surface area contributed by atoms with Gasteiger partial charge in [0.05, 0.1) is 24.0 Å². The summed E-state index contributed by atoms with van der Waals surface area (Å²) >= 11 is 3.32. The lowest BCUT2D eigenvalue weighted by molar-refractivity contribution is -0.117. The van der Waals surface area contributed by atoms with Crippen molar-refractivity contribution in [2.24, 2.45) is 7.05 Å². The second kappa shape index (κ2) is 7.96. The van der Waals surface area contributed by atoms with Gasteiger partial charge in [-0.3, -0.25) is 23.5 Å². The zero-order chi connectivity index (χ0) is 21.4. The normalized spacial score (nSPS) is 11.5. The first-order valence-corrected chi connectivity index (χ1v) is 10.1. The largest absolute Gasteiger partial charge is 0.310 e. The molecule has 4 rings (SSSR count). The molecule has 0 saturated carbocycles. The average Bonchev–Trinajstić information content (AvgIpc) is 3.11. The third kappa shape index (κ3) is 3.83. The molecule has 1 amide bonds. The summed E-state index contributed by atoms with van der Waals surface area (Å²) < 4.78 is 4.19. The Kier molecular flexibility index (Phi) is 5.35. The number of nitrogens with zero attached hydrogens (tertiary/aromatic N) is 6. The van der Waals surface area contributed by atoms with Gasteiger partial charge in [0.25, 0.3) is 5.56 Å². The van der Waals surface area contributed by atoms with Gasteiger partial charge in [-0.15, -0.1) is 10.2 Å². The van der Waals surface area contributed by atoms with Crippen molar-refractivity contribution in [1.29, 1.82) is 0 Å². The average molecular weight is 470 g/mol. The predicted molar refractivity (Wildman–Crippen MR) is 117 cm³/mol. The fraction of sp³-hybridized carbons (Fsp3) is 0.250. The summed E-state index contributed by atoms with van der Waals surface area (Å²) in [6, 6.07) is 9.25. The molecule has 3 aromatic heterocycles. The summed E-state index contributed by atoms with van der Waals surface area (Å²) in [5, 5.41) is 11.8. The number of anilines is 1. The highest BCUT2D eigenvalue weighted by Gasteiger charge is 2.17. The van der Waals surface area contributed by atoms with Crippen LogP contribution in [0.5, 0.6) is 0 Å². The van der Waals surface area contributed by atoms with E-state index in [9.17, 15) is 9.59 Å². The fourth-order valence-corrected chi connectivity index (χ4v) is 3.57. The van der Waals surface area contributed by atoms with Crippen molar-refractivity contribution in [1.82, 2.24) is 29.0 Å². The highest BCUT2D eigenvalue weighted by Crippen LogP contribution is 2.16. The molecule has 1 N–H and O–H groups in total. The van der Waals surface area contributed by atoms with E-state index < -0.39 is 0 Å². The van der Waals surface area contributed by atoms with Gasteiger partial charge in [-0.1, -0.05) is 11.6 Å². The van der Waals surface area contributed by atoms with E-state index in [1.807, 2.05) is 47.5 Å². The first-order chi connectivity index (χ1) is 14.3. The molecular weight excluding hydrogens is 450 g/mol. The lowest BCUT2D eigenvalue weighted by Gasteiger charge is -2.16. The second-order valence-corrected chi connectivity index (χ2v) is 8.13. The van der Waals surface area contributed by atoms with E-state index in [4.69, 9.17) is 0 Å². The Balaban J connectivity index is 1.59. The zero-order valence-corrected chi connectivity index (χ0v) is 18.3. The van der Waals surface area contributed by atoms with Crippen molar-refractivity contribution in [3.05, 3.63) is 62.7 Å². The molecule has 0 aliphatic rings. The van der Waals surface area contributed by atoms with Crippen LogP contribution in [-0.4, -0.2) is 48.5 Å². The number of likely N-dealkylation sites (N-methyl/N-ethyl adjacent to an activating group) is 1. The van der Waals surface area contributed by atoms with Crippen LogP contribution in [0.2, 0.25) is 0 Å². The molecule has 154 valence electrons. The van der Waals surface area contributed by atoms with Gasteiger partial charge in [-0.05, 0) is 54.2 Å². The van der Waals surface area contributed by atoms with Crippen LogP contribution >= 0.6 is 15.9 Å². The van der Waals surface area contributed by atoms with Crippen LogP contribution in [0.3, 0.4) is 0 Å². The van der Waals surface area contributed by atoms with Gasteiger partial charge in [0, 0.05) is 17.7 Å². The number of benzene rings is 1. The number of fused-ring (bicyclic) bond motifs is 3. The molecule has 0 unspecified atom stereocenters. The number of halogens is 1. The SMILES string of the molecule is Cc1ccc2c(c1)c(=O)n(C)c1nnc(CN(C)CC(=O)Nc3ccc(Br)cn3)n21. The van der Waals surface area contributed by atoms with Crippen molar-refractivity contribution in [2.45, 2.75) is 13.5 Å². The minimum Gasteiger partial charge on any atom is -0.310 e. The minimum atomic E-state index is -0.186. The molecule has 4 aromatic rings. The highest BCUT2D eigenvalue weighted by molar-refractivity contribution is 9.10. The highest BCUT2D eigenvalue weighted by atomic mass is 79.9. The topological polar surface area (TPSA) is 97.4 Å². The van der Waals surface area contributed by atoms with E-state index in [0.717, 1.165) is 15.6 Å². The monoisotopic (exact) mass is 469 g/mol. The summed E-state index contributed by atoms with van der Waals surface area (Å²) in [6.07, 6.45) is 1.62. The molecule has 10 heteroatoms. The minimum absolute atomic E-state index is 0.116. The Morgan fingerprint density at radius 2 is 2.03 bits per heavy atom. The molecule has 0 bridgehead atoms. The molecule has 0 spiro atoms. The van der Waals surface area contributed by atoms with Crippen LogP contribution in [0.1, 0.15) is 11.4 Å². The molecule has 0 fully saturated rings. The van der Waals surface area contributed by atoms with Crippen LogP contribution in [0.15, 0.2) is 45.8 Å². The lowest BCUT2D eigenvalue weighted by atomic mass is 10.1. The predicted octanol–water partition coefficient (Wildman–Crippen LogP) is 2.12. The second-order valence-electron chi connectivity index (χ2n) is 7.22. The number of rotatable bonds is 5. The van der Waals surface area contributed by atoms with Gasteiger partial charge in [-0.2, -0.15) is 0 Å². The summed E-state index contributed by atoms with van der Waals surface area (Å²) in [5.41, 5.74) is 1.63. The third-order valence-corrected chi connectivity index (χ3v) is 5.23. The van der Waals surface area contributed by atoms with Gasteiger partial charge in [0.2, 0.25) is 11.7 Å². The standard InChI is InChI=1S/C20H20BrN7O2/c1-12-4-6-15-14(8-12)19(30)27(3)20-25-24-17(28(15)20)10-26(2)11-18(29)23-16-7-5-13(21)9-22-16/h4-9H,10-11H2,1-3H3,(H,22,23,29). The number of nitrogens with one attached hydrogen (secondary N) is 1. The van der Waals surface area contributed by atoms with E-state index in [1.165, 1.54) is 4.57 Å². The van der Waals surface area contributed by atoms with E-state index in [-0.39, 0.29) is 18.0 Å². The Bertz CT molecular complexity index is 1310. The van der Waals surface area contributed by atoms with Crippen molar-refractivity contribution in [3.8, 4) is 0 Å². The van der Waals surface area contributed by atoms with Crippen LogP contribution in [0.25, 0.3) is 16.7 Å². The number of carbonyl (C=O) groups excluding carboxylic acids is 1. The van der Waals surface area contributed by atoms with Crippen LogP contribution in [0.4, 0.5) is 5.82 Å². The number of hydrogen-bond donors (Lipinski definition) is 1. The van der Waals surface area contributed by atoms with Crippen molar-refractivity contribution in [3.63, 3.8) is 0 Å². The maximum absolute atomic E-state index is 12.7. The molecule has 1 aromatic carbocycles. The number of amides is 1. The molecule has 30 heavy (non-hydrogen) atoms. The number of hydrogen-bond acceptors (Lipinski definition) is 6. The first-order valence-electron chi connectivity index (χ1n) is 9.27. The Hall–Kier alpha value is -3.11. The summed E-state index contributed by atoms with van der Waals surface area (Å²) in [4.78, 5) is 31.0. The molecular formula is C20H20BrN7O2. The van der Waals surface area contributed by atoms with Crippen LogP contribution < -0.4 is 10.9 Å². The van der Waals surface area contributed by atoms with Gasteiger partial charge >= 0.3 is 0 Å². The molecule has 0 aliphatic heterocycles. The molecule has 0 radical (unpaired) electrons. The fourth-order valence-electron chi connectivity index (χ4n) is 3.34. The van der Waals surface area contributed by atoms with Crippen molar-refractivity contribution < 1.29 is 4.79 Å². The molecule has 9 nitrogen and oxygen atoms in total. The van der Waals surface area contributed by atoms with E-state index in [0.29, 0.717) is 29.4 Å². The Morgan fingerprint density at radius 3 is 2.77 bits per heavy atom. The van der Waals surface area contributed by atoms with Gasteiger partial charge in [-0.25, -0.2) is 4.98 Å². The van der Waals surface area contributed by atoms with Gasteiger partial charge < -0.3 is 5.32 Å². The number of aryl methyl sites for hydroxylation is 2.